The molecular formula is C5H8N2. The second kappa shape index (κ2) is 2.29. The highest BCUT2D eigenvalue weighted by atomic mass is 14.7. The Morgan fingerprint density at radius 1 is 1.71 bits per heavy atom. The van der Waals surface area contributed by atoms with Gasteiger partial charge in [0.25, 0.3) is 0 Å². The van der Waals surface area contributed by atoms with Crippen molar-refractivity contribution in [3.63, 3.8) is 0 Å². The molecule has 0 aromatic rings. The summed E-state index contributed by atoms with van der Waals surface area (Å²) >= 11 is 0. The van der Waals surface area contributed by atoms with Gasteiger partial charge in [-0.3, -0.25) is 4.99 Å². The SMILES string of the molecule is C=NC(=C)C(C)=N. The number of hydrogen-bond donors (Lipinski definition) is 1. The van der Waals surface area contributed by atoms with Gasteiger partial charge in [0.15, 0.2) is 0 Å². The Kier molecular flexibility index (Phi) is 1.99. The first-order valence-corrected chi connectivity index (χ1v) is 1.89. The van der Waals surface area contributed by atoms with Gasteiger partial charge in [0.05, 0.1) is 11.4 Å². The Morgan fingerprint density at radius 3 is 2.14 bits per heavy atom. The van der Waals surface area contributed by atoms with Crippen molar-refractivity contribution in [3.05, 3.63) is 12.3 Å². The van der Waals surface area contributed by atoms with Crippen molar-refractivity contribution in [2.45, 2.75) is 6.92 Å². The molecule has 2 nitrogen and oxygen atoms in total. The van der Waals surface area contributed by atoms with Gasteiger partial charge in [0, 0.05) is 0 Å². The van der Waals surface area contributed by atoms with E-state index in [0.29, 0.717) is 11.4 Å². The number of hydrogen-bond acceptors (Lipinski definition) is 2. The second-order valence-corrected chi connectivity index (χ2v) is 1.23. The Hall–Kier alpha value is -0.920. The highest BCUT2D eigenvalue weighted by Gasteiger charge is 1.85. The van der Waals surface area contributed by atoms with Crippen LogP contribution in [0.15, 0.2) is 17.3 Å². The molecule has 0 rings (SSSR count). The first-order chi connectivity index (χ1) is 3.18. The molecule has 0 amide bonds. The molecule has 0 saturated heterocycles. The fourth-order valence-electron chi connectivity index (χ4n) is 0.119. The highest BCUT2D eigenvalue weighted by Crippen LogP contribution is 1.89. The average Bonchev–Trinajstić information content (AvgIpc) is 1.65. The third kappa shape index (κ3) is 1.87. The van der Waals surface area contributed by atoms with Gasteiger partial charge < -0.3 is 5.41 Å². The van der Waals surface area contributed by atoms with Gasteiger partial charge in [-0.1, -0.05) is 6.58 Å². The molecule has 38 valence electrons. The molecule has 0 aliphatic carbocycles. The van der Waals surface area contributed by atoms with Crippen LogP contribution in [0.4, 0.5) is 0 Å². The van der Waals surface area contributed by atoms with Crippen LogP contribution in [0.3, 0.4) is 0 Å². The number of allylic oxidation sites excluding steroid dienone is 1. The van der Waals surface area contributed by atoms with E-state index in [1.165, 1.54) is 0 Å². The average molecular weight is 96.1 g/mol. The van der Waals surface area contributed by atoms with Crippen LogP contribution in [0.1, 0.15) is 6.92 Å². The van der Waals surface area contributed by atoms with E-state index in [-0.39, 0.29) is 0 Å². The molecule has 0 saturated carbocycles. The van der Waals surface area contributed by atoms with Crippen LogP contribution >= 0.6 is 0 Å². The zero-order valence-corrected chi connectivity index (χ0v) is 4.36. The summed E-state index contributed by atoms with van der Waals surface area (Å²) in [5.41, 5.74) is 0.815. The first kappa shape index (κ1) is 6.08. The first-order valence-electron chi connectivity index (χ1n) is 1.89. The molecule has 0 radical (unpaired) electrons. The maximum atomic E-state index is 6.87. The third-order valence-electron chi connectivity index (χ3n) is 0.624. The molecule has 0 bridgehead atoms. The van der Waals surface area contributed by atoms with Gasteiger partial charge in [0.1, 0.15) is 0 Å². The van der Waals surface area contributed by atoms with E-state index < -0.39 is 0 Å². The lowest BCUT2D eigenvalue weighted by molar-refractivity contribution is 1.40. The molecule has 0 spiro atoms. The Labute approximate surface area is 43.1 Å². The van der Waals surface area contributed by atoms with Gasteiger partial charge in [-0.25, -0.2) is 0 Å². The Morgan fingerprint density at radius 2 is 2.14 bits per heavy atom. The summed E-state index contributed by atoms with van der Waals surface area (Å²) in [6.45, 7) is 8.23. The zero-order valence-electron chi connectivity index (χ0n) is 4.36. The maximum absolute atomic E-state index is 6.87. The summed E-state index contributed by atoms with van der Waals surface area (Å²) in [5, 5.41) is 6.87. The predicted molar refractivity (Wildman–Crippen MR) is 32.1 cm³/mol. The summed E-state index contributed by atoms with van der Waals surface area (Å²) in [5.74, 6) is 0. The number of rotatable bonds is 2. The van der Waals surface area contributed by atoms with Crippen molar-refractivity contribution in [2.75, 3.05) is 0 Å². The fourth-order valence-corrected chi connectivity index (χ4v) is 0.119. The van der Waals surface area contributed by atoms with Crippen LogP contribution in [0.25, 0.3) is 0 Å². The minimum absolute atomic E-state index is 0.370. The predicted octanol–water partition coefficient (Wildman–Crippen LogP) is 1.24. The Balaban J connectivity index is 3.81. The standard InChI is InChI=1S/C5H8N2/c1-4(6)5(2)7-3/h6H,2-3H2,1H3. The van der Waals surface area contributed by atoms with Crippen molar-refractivity contribution in [1.82, 2.24) is 0 Å². The normalized spacial score (nSPS) is 7.57. The van der Waals surface area contributed by atoms with E-state index in [0.717, 1.165) is 0 Å². The van der Waals surface area contributed by atoms with Crippen LogP contribution in [-0.4, -0.2) is 12.4 Å². The molecule has 7 heavy (non-hydrogen) atoms. The van der Waals surface area contributed by atoms with Gasteiger partial charge in [-0.15, -0.1) is 0 Å². The van der Waals surface area contributed by atoms with Crippen LogP contribution in [0, 0.1) is 5.41 Å². The van der Waals surface area contributed by atoms with E-state index >= 15 is 0 Å². The van der Waals surface area contributed by atoms with E-state index in [4.69, 9.17) is 5.41 Å². The van der Waals surface area contributed by atoms with E-state index in [1.807, 2.05) is 0 Å². The largest absolute Gasteiger partial charge is 0.303 e. The molecule has 0 aromatic heterocycles. The maximum Gasteiger partial charge on any atom is 0.0755 e. The second-order valence-electron chi connectivity index (χ2n) is 1.23. The molecule has 0 atom stereocenters. The van der Waals surface area contributed by atoms with Crippen molar-refractivity contribution >= 4 is 12.4 Å². The van der Waals surface area contributed by atoms with E-state index in [1.54, 1.807) is 6.92 Å². The molecule has 0 heterocycles. The third-order valence-corrected chi connectivity index (χ3v) is 0.624. The zero-order chi connectivity index (χ0) is 5.86. The van der Waals surface area contributed by atoms with Crippen molar-refractivity contribution < 1.29 is 0 Å². The van der Waals surface area contributed by atoms with Gasteiger partial charge in [0.2, 0.25) is 0 Å². The van der Waals surface area contributed by atoms with Crippen LogP contribution in [0.5, 0.6) is 0 Å². The van der Waals surface area contributed by atoms with Crippen LogP contribution in [-0.2, 0) is 0 Å². The lowest BCUT2D eigenvalue weighted by atomic mass is 10.3. The molecular weight excluding hydrogens is 88.1 g/mol. The highest BCUT2D eigenvalue weighted by molar-refractivity contribution is 5.95. The van der Waals surface area contributed by atoms with Gasteiger partial charge >= 0.3 is 0 Å². The minimum Gasteiger partial charge on any atom is -0.303 e. The molecule has 0 unspecified atom stereocenters. The smallest absolute Gasteiger partial charge is 0.0755 e. The van der Waals surface area contributed by atoms with Crippen LogP contribution < -0.4 is 0 Å². The molecule has 0 fully saturated rings. The monoisotopic (exact) mass is 96.1 g/mol. The van der Waals surface area contributed by atoms with Crippen LogP contribution in [0.2, 0.25) is 0 Å². The molecule has 0 aliphatic heterocycles. The summed E-state index contributed by atoms with van der Waals surface area (Å²) < 4.78 is 0. The summed E-state index contributed by atoms with van der Waals surface area (Å²) in [4.78, 5) is 3.42. The van der Waals surface area contributed by atoms with Crippen molar-refractivity contribution in [2.24, 2.45) is 4.99 Å². The summed E-state index contributed by atoms with van der Waals surface area (Å²) in [6.07, 6.45) is 0. The minimum atomic E-state index is 0.370. The molecule has 0 aromatic carbocycles. The molecule has 1 N–H and O–H groups in total. The van der Waals surface area contributed by atoms with E-state index in [2.05, 4.69) is 18.3 Å². The number of nitrogens with one attached hydrogen (secondary N) is 1. The van der Waals surface area contributed by atoms with Crippen molar-refractivity contribution in [3.8, 4) is 0 Å². The lowest BCUT2D eigenvalue weighted by Gasteiger charge is -1.88. The fraction of sp³-hybridized carbons (Fsp3) is 0.200. The molecule has 0 aliphatic rings. The number of nitrogens with zero attached hydrogens (tertiary/aromatic N) is 1. The topological polar surface area (TPSA) is 36.2 Å². The van der Waals surface area contributed by atoms with Gasteiger partial charge in [-0.2, -0.15) is 0 Å². The summed E-state index contributed by atoms with van der Waals surface area (Å²) in [6, 6.07) is 0. The number of aliphatic imine (C=N–C) groups is 1. The van der Waals surface area contributed by atoms with Crippen molar-refractivity contribution in [1.29, 1.82) is 5.41 Å². The van der Waals surface area contributed by atoms with Gasteiger partial charge in [-0.05, 0) is 13.6 Å². The lowest BCUT2D eigenvalue weighted by Crippen LogP contribution is -1.87. The van der Waals surface area contributed by atoms with E-state index in [9.17, 15) is 0 Å². The molecule has 2 heteroatoms. The quantitative estimate of drug-likeness (QED) is 0.502. The Bertz CT molecular complexity index is 113. The summed E-state index contributed by atoms with van der Waals surface area (Å²) in [7, 11) is 0.